The Morgan fingerprint density at radius 3 is 2.60 bits per heavy atom. The number of likely N-dealkylation sites (tertiary alicyclic amines) is 1. The van der Waals surface area contributed by atoms with E-state index in [4.69, 9.17) is 4.74 Å². The van der Waals surface area contributed by atoms with Crippen molar-refractivity contribution in [1.82, 2.24) is 10.2 Å². The van der Waals surface area contributed by atoms with Gasteiger partial charge in [0.05, 0.1) is 0 Å². The number of nitrogens with zero attached hydrogens (tertiary/aromatic N) is 1. The molecule has 6 nitrogen and oxygen atoms in total. The summed E-state index contributed by atoms with van der Waals surface area (Å²) in [4.78, 5) is 38.9. The number of hydrogen-bond donors (Lipinski definition) is 1. The molecule has 1 saturated carbocycles. The molecule has 2 aliphatic rings. The monoisotopic (exact) mass is 408 g/mol. The third-order valence-electron chi connectivity index (χ3n) is 6.33. The van der Waals surface area contributed by atoms with Crippen molar-refractivity contribution in [3.8, 4) is 0 Å². The number of nitrogens with one attached hydrogen (secondary N) is 1. The summed E-state index contributed by atoms with van der Waals surface area (Å²) in [6, 6.07) is 13.4. The van der Waals surface area contributed by atoms with E-state index in [9.17, 15) is 14.4 Å². The van der Waals surface area contributed by atoms with Gasteiger partial charge in [-0.05, 0) is 54.5 Å². The Morgan fingerprint density at radius 2 is 1.73 bits per heavy atom. The van der Waals surface area contributed by atoms with Gasteiger partial charge in [0.2, 0.25) is 0 Å². The zero-order chi connectivity index (χ0) is 20.9. The number of ether oxygens (including phenoxy) is 1. The largest absolute Gasteiger partial charge is 0.454 e. The van der Waals surface area contributed by atoms with Crippen LogP contribution >= 0.6 is 0 Å². The number of rotatable bonds is 5. The number of fused-ring (bicyclic) bond motifs is 2. The molecule has 158 valence electrons. The Labute approximate surface area is 176 Å². The summed E-state index contributed by atoms with van der Waals surface area (Å²) in [6.07, 6.45) is 6.85. The third-order valence-corrected chi connectivity index (χ3v) is 6.33. The van der Waals surface area contributed by atoms with E-state index < -0.39 is 5.97 Å². The molecule has 4 rings (SSSR count). The van der Waals surface area contributed by atoms with Gasteiger partial charge in [0.15, 0.2) is 6.61 Å². The lowest BCUT2D eigenvalue weighted by Crippen LogP contribution is -2.51. The van der Waals surface area contributed by atoms with Gasteiger partial charge in [0.1, 0.15) is 6.54 Å². The van der Waals surface area contributed by atoms with Crippen molar-refractivity contribution in [2.45, 2.75) is 44.6 Å². The van der Waals surface area contributed by atoms with Crippen molar-refractivity contribution in [3.05, 3.63) is 48.0 Å². The van der Waals surface area contributed by atoms with Crippen molar-refractivity contribution >= 4 is 28.6 Å². The van der Waals surface area contributed by atoms with Gasteiger partial charge < -0.3 is 15.0 Å². The fourth-order valence-corrected chi connectivity index (χ4v) is 4.80. The Kier molecular flexibility index (Phi) is 6.31. The van der Waals surface area contributed by atoms with Crippen LogP contribution in [0.4, 0.5) is 0 Å². The molecule has 0 spiro atoms. The molecule has 1 aliphatic heterocycles. The van der Waals surface area contributed by atoms with Crippen LogP contribution < -0.4 is 5.32 Å². The SMILES string of the molecule is O=C(CNC(=O)c1ccc2ccccc2c1)OCC(=O)N1CCC[C@H]2CCCC[C@H]21. The van der Waals surface area contributed by atoms with E-state index in [-0.39, 0.29) is 25.0 Å². The molecule has 1 heterocycles. The van der Waals surface area contributed by atoms with Gasteiger partial charge in [-0.2, -0.15) is 0 Å². The number of piperidine rings is 1. The first-order chi connectivity index (χ1) is 14.6. The summed E-state index contributed by atoms with van der Waals surface area (Å²) in [5, 5.41) is 4.58. The lowest BCUT2D eigenvalue weighted by atomic mass is 9.78. The summed E-state index contributed by atoms with van der Waals surface area (Å²) >= 11 is 0. The van der Waals surface area contributed by atoms with Crippen LogP contribution in [-0.4, -0.2) is 48.4 Å². The smallest absolute Gasteiger partial charge is 0.325 e. The minimum absolute atomic E-state index is 0.124. The molecule has 0 bridgehead atoms. The minimum Gasteiger partial charge on any atom is -0.454 e. The Morgan fingerprint density at radius 1 is 0.967 bits per heavy atom. The van der Waals surface area contributed by atoms with Gasteiger partial charge in [0.25, 0.3) is 11.8 Å². The number of benzene rings is 2. The number of carbonyl (C=O) groups excluding carboxylic acids is 3. The normalized spacial score (nSPS) is 21.0. The average molecular weight is 408 g/mol. The predicted octanol–water partition coefficient (Wildman–Crippen LogP) is 3.29. The number of esters is 1. The highest BCUT2D eigenvalue weighted by atomic mass is 16.5. The fourth-order valence-electron chi connectivity index (χ4n) is 4.80. The van der Waals surface area contributed by atoms with E-state index in [1.807, 2.05) is 35.2 Å². The van der Waals surface area contributed by atoms with Gasteiger partial charge in [0, 0.05) is 18.2 Å². The van der Waals surface area contributed by atoms with Crippen LogP contribution in [0.3, 0.4) is 0 Å². The van der Waals surface area contributed by atoms with Crippen molar-refractivity contribution in [2.24, 2.45) is 5.92 Å². The maximum Gasteiger partial charge on any atom is 0.325 e. The van der Waals surface area contributed by atoms with E-state index >= 15 is 0 Å². The molecular formula is C24H28N2O4. The first kappa shape index (κ1) is 20.4. The van der Waals surface area contributed by atoms with Gasteiger partial charge in [-0.3, -0.25) is 14.4 Å². The van der Waals surface area contributed by atoms with E-state index in [0.717, 1.165) is 36.6 Å². The van der Waals surface area contributed by atoms with Crippen molar-refractivity contribution in [1.29, 1.82) is 0 Å². The maximum atomic E-state index is 12.6. The summed E-state index contributed by atoms with van der Waals surface area (Å²) in [5.74, 6) is -0.478. The first-order valence-electron chi connectivity index (χ1n) is 10.8. The predicted molar refractivity (Wildman–Crippen MR) is 114 cm³/mol. The van der Waals surface area contributed by atoms with Crippen LogP contribution in [0, 0.1) is 5.92 Å². The van der Waals surface area contributed by atoms with Crippen LogP contribution in [-0.2, 0) is 14.3 Å². The Balaban J connectivity index is 1.25. The molecule has 2 atom stereocenters. The van der Waals surface area contributed by atoms with Crippen LogP contribution in [0.1, 0.15) is 48.9 Å². The topological polar surface area (TPSA) is 75.7 Å². The molecular weight excluding hydrogens is 380 g/mol. The lowest BCUT2D eigenvalue weighted by Gasteiger charge is -2.44. The zero-order valence-electron chi connectivity index (χ0n) is 17.1. The van der Waals surface area contributed by atoms with Crippen LogP contribution in [0.2, 0.25) is 0 Å². The average Bonchev–Trinajstić information content (AvgIpc) is 2.80. The Bertz CT molecular complexity index is 940. The molecule has 0 radical (unpaired) electrons. The lowest BCUT2D eigenvalue weighted by molar-refractivity contribution is -0.154. The van der Waals surface area contributed by atoms with Gasteiger partial charge in [-0.25, -0.2) is 0 Å². The number of hydrogen-bond acceptors (Lipinski definition) is 4. The molecule has 1 aliphatic carbocycles. The highest BCUT2D eigenvalue weighted by molar-refractivity contribution is 5.99. The molecule has 6 heteroatoms. The molecule has 2 amide bonds. The summed E-state index contributed by atoms with van der Waals surface area (Å²) in [5.41, 5.74) is 0.481. The first-order valence-corrected chi connectivity index (χ1v) is 10.8. The molecule has 30 heavy (non-hydrogen) atoms. The second-order valence-corrected chi connectivity index (χ2v) is 8.25. The molecule has 1 N–H and O–H groups in total. The molecule has 0 aromatic heterocycles. The Hall–Kier alpha value is -2.89. The van der Waals surface area contributed by atoms with Gasteiger partial charge in [-0.15, -0.1) is 0 Å². The second kappa shape index (κ2) is 9.28. The standard InChI is InChI=1S/C24H28N2O4/c27-22(26-13-5-9-18-7-3-4-10-21(18)26)16-30-23(28)15-25-24(29)20-12-11-17-6-1-2-8-19(17)14-20/h1-2,6,8,11-12,14,18,21H,3-5,7,9-10,13,15-16H2,(H,25,29)/t18-,21-/m1/s1. The molecule has 1 saturated heterocycles. The maximum absolute atomic E-state index is 12.6. The molecule has 2 aromatic carbocycles. The number of amides is 2. The van der Waals surface area contributed by atoms with Gasteiger partial charge in [-0.1, -0.05) is 43.2 Å². The van der Waals surface area contributed by atoms with E-state index in [1.165, 1.54) is 19.3 Å². The second-order valence-electron chi connectivity index (χ2n) is 8.25. The summed E-state index contributed by atoms with van der Waals surface area (Å²) in [6.45, 7) is 0.231. The van der Waals surface area contributed by atoms with E-state index in [0.29, 0.717) is 17.5 Å². The highest BCUT2D eigenvalue weighted by Gasteiger charge is 2.35. The molecule has 2 fully saturated rings. The minimum atomic E-state index is -0.602. The zero-order valence-corrected chi connectivity index (χ0v) is 17.1. The summed E-state index contributed by atoms with van der Waals surface area (Å²) in [7, 11) is 0. The summed E-state index contributed by atoms with van der Waals surface area (Å²) < 4.78 is 5.15. The van der Waals surface area contributed by atoms with Crippen LogP contribution in [0.25, 0.3) is 10.8 Å². The van der Waals surface area contributed by atoms with Crippen LogP contribution in [0.5, 0.6) is 0 Å². The van der Waals surface area contributed by atoms with Crippen molar-refractivity contribution in [2.75, 3.05) is 19.7 Å². The van der Waals surface area contributed by atoms with Crippen molar-refractivity contribution in [3.63, 3.8) is 0 Å². The number of carbonyl (C=O) groups is 3. The van der Waals surface area contributed by atoms with Crippen LogP contribution in [0.15, 0.2) is 42.5 Å². The van der Waals surface area contributed by atoms with E-state index in [1.54, 1.807) is 12.1 Å². The quantitative estimate of drug-likeness (QED) is 0.771. The molecule has 2 aromatic rings. The van der Waals surface area contributed by atoms with Gasteiger partial charge >= 0.3 is 5.97 Å². The van der Waals surface area contributed by atoms with Crippen molar-refractivity contribution < 1.29 is 19.1 Å². The highest BCUT2D eigenvalue weighted by Crippen LogP contribution is 2.35. The fraction of sp³-hybridized carbons (Fsp3) is 0.458. The third kappa shape index (κ3) is 4.64. The molecule has 0 unspecified atom stereocenters. The van der Waals surface area contributed by atoms with E-state index in [2.05, 4.69) is 5.32 Å².